The third-order valence-electron chi connectivity index (χ3n) is 2.26. The first-order valence-electron chi connectivity index (χ1n) is 5.16. The lowest BCUT2D eigenvalue weighted by Gasteiger charge is -2.03. The molecule has 0 saturated carbocycles. The van der Waals surface area contributed by atoms with Crippen LogP contribution in [0.4, 0.5) is 0 Å². The van der Waals surface area contributed by atoms with E-state index in [-0.39, 0.29) is 0 Å². The summed E-state index contributed by atoms with van der Waals surface area (Å²) in [7, 11) is 0. The Morgan fingerprint density at radius 1 is 1.00 bits per heavy atom. The van der Waals surface area contributed by atoms with Gasteiger partial charge in [-0.2, -0.15) is 0 Å². The highest BCUT2D eigenvalue weighted by molar-refractivity contribution is 6.35. The molecule has 2 aromatic rings. The quantitative estimate of drug-likeness (QED) is 0.931. The van der Waals surface area contributed by atoms with E-state index < -0.39 is 0 Å². The van der Waals surface area contributed by atoms with Crippen molar-refractivity contribution in [3.8, 4) is 11.4 Å². The lowest BCUT2D eigenvalue weighted by atomic mass is 10.2. The zero-order chi connectivity index (χ0) is 12.3. The maximum Gasteiger partial charge on any atom is 0.159 e. The van der Waals surface area contributed by atoms with Gasteiger partial charge in [0.2, 0.25) is 0 Å². The fourth-order valence-electron chi connectivity index (χ4n) is 1.48. The van der Waals surface area contributed by atoms with Gasteiger partial charge in [0, 0.05) is 28.0 Å². The molecule has 0 unspecified atom stereocenters. The summed E-state index contributed by atoms with van der Waals surface area (Å²) >= 11 is 11.8. The Morgan fingerprint density at radius 3 is 2.12 bits per heavy atom. The van der Waals surface area contributed by atoms with E-state index in [2.05, 4.69) is 9.97 Å². The Hall–Kier alpha value is -1.16. The van der Waals surface area contributed by atoms with Gasteiger partial charge in [-0.1, -0.05) is 23.2 Å². The number of halogens is 2. The van der Waals surface area contributed by atoms with Gasteiger partial charge >= 0.3 is 0 Å². The molecule has 0 bridgehead atoms. The van der Waals surface area contributed by atoms with Gasteiger partial charge in [0.15, 0.2) is 5.82 Å². The molecule has 0 atom stereocenters. The first kappa shape index (κ1) is 12.3. The molecule has 1 aromatic heterocycles. The molecule has 3 nitrogen and oxygen atoms in total. The van der Waals surface area contributed by atoms with Crippen LogP contribution >= 0.6 is 23.2 Å². The third-order valence-corrected chi connectivity index (χ3v) is 2.70. The second kappa shape index (κ2) is 5.45. The predicted molar refractivity (Wildman–Crippen MR) is 70.2 cm³/mol. The summed E-state index contributed by atoms with van der Waals surface area (Å²) in [6.45, 7) is 0.589. The van der Waals surface area contributed by atoms with Crippen molar-refractivity contribution in [1.82, 2.24) is 9.97 Å². The van der Waals surface area contributed by atoms with E-state index in [0.717, 1.165) is 17.5 Å². The van der Waals surface area contributed by atoms with Crippen LogP contribution < -0.4 is 5.73 Å². The van der Waals surface area contributed by atoms with Gasteiger partial charge in [-0.3, -0.25) is 0 Å². The molecule has 17 heavy (non-hydrogen) atoms. The van der Waals surface area contributed by atoms with Gasteiger partial charge in [-0.15, -0.1) is 0 Å². The molecule has 0 amide bonds. The van der Waals surface area contributed by atoms with Crippen LogP contribution in [0.5, 0.6) is 0 Å². The normalized spacial score (nSPS) is 10.5. The second-order valence-corrected chi connectivity index (χ2v) is 4.48. The van der Waals surface area contributed by atoms with Gasteiger partial charge in [0.25, 0.3) is 0 Å². The van der Waals surface area contributed by atoms with Crippen molar-refractivity contribution in [3.05, 3.63) is 46.2 Å². The van der Waals surface area contributed by atoms with Crippen LogP contribution in [0.2, 0.25) is 10.0 Å². The minimum absolute atomic E-state index is 0.571. The number of rotatable bonds is 3. The Morgan fingerprint density at radius 2 is 1.59 bits per heavy atom. The molecule has 2 N–H and O–H groups in total. The molecule has 0 radical (unpaired) electrons. The SMILES string of the molecule is NCCc1cnc(-c2cc(Cl)cc(Cl)c2)nc1. The zero-order valence-electron chi connectivity index (χ0n) is 9.03. The molecule has 0 spiro atoms. The highest BCUT2D eigenvalue weighted by Crippen LogP contribution is 2.24. The van der Waals surface area contributed by atoms with Crippen LogP contribution in [-0.2, 0) is 6.42 Å². The molecule has 0 aliphatic heterocycles. The summed E-state index contributed by atoms with van der Waals surface area (Å²) in [6, 6.07) is 5.24. The Kier molecular flexibility index (Phi) is 3.94. The second-order valence-electron chi connectivity index (χ2n) is 3.61. The molecule has 88 valence electrons. The van der Waals surface area contributed by atoms with E-state index in [9.17, 15) is 0 Å². The van der Waals surface area contributed by atoms with Gasteiger partial charge in [-0.05, 0) is 36.7 Å². The standard InChI is InChI=1S/C12H11Cl2N3/c13-10-3-9(4-11(14)5-10)12-16-6-8(1-2-15)7-17-12/h3-7H,1-2,15H2. The van der Waals surface area contributed by atoms with Crippen molar-refractivity contribution in [1.29, 1.82) is 0 Å². The van der Waals surface area contributed by atoms with E-state index in [0.29, 0.717) is 22.4 Å². The average molecular weight is 268 g/mol. The Bertz CT molecular complexity index is 491. The Balaban J connectivity index is 2.32. The van der Waals surface area contributed by atoms with E-state index >= 15 is 0 Å². The first-order chi connectivity index (χ1) is 8.19. The van der Waals surface area contributed by atoms with Crippen molar-refractivity contribution in [2.75, 3.05) is 6.54 Å². The lowest BCUT2D eigenvalue weighted by Crippen LogP contribution is -2.03. The van der Waals surface area contributed by atoms with E-state index in [4.69, 9.17) is 28.9 Å². The van der Waals surface area contributed by atoms with Crippen LogP contribution in [0.3, 0.4) is 0 Å². The summed E-state index contributed by atoms with van der Waals surface area (Å²) in [5.41, 5.74) is 7.28. The number of nitrogens with two attached hydrogens (primary N) is 1. The van der Waals surface area contributed by atoms with Crippen molar-refractivity contribution in [2.45, 2.75) is 6.42 Å². The molecule has 1 aromatic carbocycles. The van der Waals surface area contributed by atoms with E-state index in [1.54, 1.807) is 30.6 Å². The molecule has 0 saturated heterocycles. The summed E-state index contributed by atoms with van der Waals surface area (Å²) in [6.07, 6.45) is 4.31. The van der Waals surface area contributed by atoms with Gasteiger partial charge in [0.05, 0.1) is 0 Å². The largest absolute Gasteiger partial charge is 0.330 e. The summed E-state index contributed by atoms with van der Waals surface area (Å²) in [5.74, 6) is 0.607. The minimum atomic E-state index is 0.571. The third kappa shape index (κ3) is 3.16. The molecule has 0 fully saturated rings. The van der Waals surface area contributed by atoms with Crippen molar-refractivity contribution in [3.63, 3.8) is 0 Å². The predicted octanol–water partition coefficient (Wildman–Crippen LogP) is 2.95. The Labute approximate surface area is 110 Å². The molecule has 5 heteroatoms. The molecule has 0 aliphatic rings. The first-order valence-corrected chi connectivity index (χ1v) is 5.92. The smallest absolute Gasteiger partial charge is 0.159 e. The monoisotopic (exact) mass is 267 g/mol. The number of nitrogens with zero attached hydrogens (tertiary/aromatic N) is 2. The maximum absolute atomic E-state index is 5.92. The van der Waals surface area contributed by atoms with E-state index in [1.807, 2.05) is 0 Å². The van der Waals surface area contributed by atoms with Gasteiger partial charge in [-0.25, -0.2) is 9.97 Å². The molecule has 0 aliphatic carbocycles. The summed E-state index contributed by atoms with van der Waals surface area (Å²) < 4.78 is 0. The van der Waals surface area contributed by atoms with Crippen molar-refractivity contribution in [2.24, 2.45) is 5.73 Å². The van der Waals surface area contributed by atoms with Crippen molar-refractivity contribution < 1.29 is 0 Å². The summed E-state index contributed by atoms with van der Waals surface area (Å²) in [5, 5.41) is 1.14. The minimum Gasteiger partial charge on any atom is -0.330 e. The highest BCUT2D eigenvalue weighted by atomic mass is 35.5. The van der Waals surface area contributed by atoms with Crippen LogP contribution in [0.15, 0.2) is 30.6 Å². The average Bonchev–Trinajstić information content (AvgIpc) is 2.29. The number of hydrogen-bond donors (Lipinski definition) is 1. The number of aromatic nitrogens is 2. The van der Waals surface area contributed by atoms with E-state index in [1.165, 1.54) is 0 Å². The van der Waals surface area contributed by atoms with Crippen LogP contribution in [0.1, 0.15) is 5.56 Å². The molecule has 1 heterocycles. The molecule has 2 rings (SSSR count). The van der Waals surface area contributed by atoms with Gasteiger partial charge in [0.1, 0.15) is 0 Å². The number of benzene rings is 1. The topological polar surface area (TPSA) is 51.8 Å². The van der Waals surface area contributed by atoms with Crippen LogP contribution in [-0.4, -0.2) is 16.5 Å². The van der Waals surface area contributed by atoms with Crippen LogP contribution in [0.25, 0.3) is 11.4 Å². The molecular formula is C12H11Cl2N3. The van der Waals surface area contributed by atoms with Crippen molar-refractivity contribution >= 4 is 23.2 Å². The van der Waals surface area contributed by atoms with Gasteiger partial charge < -0.3 is 5.73 Å². The summed E-state index contributed by atoms with van der Waals surface area (Å²) in [4.78, 5) is 8.53. The lowest BCUT2D eigenvalue weighted by molar-refractivity contribution is 0.943. The molecular weight excluding hydrogens is 257 g/mol. The zero-order valence-corrected chi connectivity index (χ0v) is 10.5. The number of hydrogen-bond acceptors (Lipinski definition) is 3. The highest BCUT2D eigenvalue weighted by Gasteiger charge is 2.04. The maximum atomic E-state index is 5.92. The van der Waals surface area contributed by atoms with Crippen LogP contribution in [0, 0.1) is 0 Å². The fraction of sp³-hybridized carbons (Fsp3) is 0.167. The fourth-order valence-corrected chi connectivity index (χ4v) is 2.01.